The lowest BCUT2D eigenvalue weighted by Crippen LogP contribution is -2.33. The average molecular weight is 355 g/mol. The minimum absolute atomic E-state index is 0.125. The third kappa shape index (κ3) is 3.96. The summed E-state index contributed by atoms with van der Waals surface area (Å²) in [5, 5.41) is 9.52. The molecule has 0 bridgehead atoms. The Morgan fingerprint density at radius 2 is 1.69 bits per heavy atom. The predicted octanol–water partition coefficient (Wildman–Crippen LogP) is 2.40. The largest absolute Gasteiger partial charge is 0.497 e. The fourth-order valence-electron chi connectivity index (χ4n) is 3.20. The van der Waals surface area contributed by atoms with Crippen molar-refractivity contribution in [2.45, 2.75) is 5.92 Å². The van der Waals surface area contributed by atoms with Crippen molar-refractivity contribution in [2.24, 2.45) is 5.92 Å². The molecule has 0 radical (unpaired) electrons. The fraction of sp³-hybridized carbons (Fsp3) is 0.300. The molecule has 0 aromatic heterocycles. The van der Waals surface area contributed by atoms with Crippen LogP contribution in [0.4, 0.5) is 0 Å². The highest BCUT2D eigenvalue weighted by atomic mass is 16.5. The van der Waals surface area contributed by atoms with Crippen molar-refractivity contribution in [3.8, 4) is 11.5 Å². The number of carboxylic acids is 1. The molecule has 1 saturated heterocycles. The number of amides is 1. The van der Waals surface area contributed by atoms with Crippen molar-refractivity contribution in [1.82, 2.24) is 4.90 Å². The Hall–Kier alpha value is -3.02. The number of ether oxygens (including phenoxy) is 2. The Morgan fingerprint density at radius 1 is 1.04 bits per heavy atom. The first-order valence-corrected chi connectivity index (χ1v) is 8.41. The second-order valence-corrected chi connectivity index (χ2v) is 6.22. The molecule has 1 heterocycles. The molecule has 1 aliphatic heterocycles. The van der Waals surface area contributed by atoms with Crippen molar-refractivity contribution in [3.63, 3.8) is 0 Å². The van der Waals surface area contributed by atoms with Gasteiger partial charge >= 0.3 is 5.97 Å². The van der Waals surface area contributed by atoms with Crippen molar-refractivity contribution < 1.29 is 24.2 Å². The molecule has 6 nitrogen and oxygen atoms in total. The van der Waals surface area contributed by atoms with E-state index >= 15 is 0 Å². The van der Waals surface area contributed by atoms with Crippen LogP contribution in [0.1, 0.15) is 11.5 Å². The van der Waals surface area contributed by atoms with Crippen LogP contribution in [0.3, 0.4) is 0 Å². The number of likely N-dealkylation sites (tertiary alicyclic amines) is 1. The second-order valence-electron chi connectivity index (χ2n) is 6.22. The van der Waals surface area contributed by atoms with Gasteiger partial charge in [-0.3, -0.25) is 9.59 Å². The summed E-state index contributed by atoms with van der Waals surface area (Å²) in [4.78, 5) is 25.7. The standard InChI is InChI=1S/C20H21NO5/c1-25-15-7-9-16(10-8-15)26-13-19(22)21-11-17(18(12-21)20(23)24)14-5-3-2-4-6-14/h2-10,17-18H,11-13H2,1H3,(H,23,24). The number of methoxy groups -OCH3 is 1. The third-order valence-electron chi connectivity index (χ3n) is 4.64. The van der Waals surface area contributed by atoms with Crippen molar-refractivity contribution in [2.75, 3.05) is 26.8 Å². The molecule has 1 N–H and O–H groups in total. The SMILES string of the molecule is COc1ccc(OCC(=O)N2CC(C(=O)O)C(c3ccccc3)C2)cc1. The monoisotopic (exact) mass is 355 g/mol. The van der Waals surface area contributed by atoms with Gasteiger partial charge in [-0.1, -0.05) is 30.3 Å². The summed E-state index contributed by atoms with van der Waals surface area (Å²) in [6, 6.07) is 16.4. The van der Waals surface area contributed by atoms with E-state index in [0.29, 0.717) is 18.0 Å². The third-order valence-corrected chi connectivity index (χ3v) is 4.64. The number of aliphatic carboxylic acids is 1. The number of nitrogens with zero attached hydrogens (tertiary/aromatic N) is 1. The molecule has 3 rings (SSSR count). The maximum absolute atomic E-state index is 12.5. The summed E-state index contributed by atoms with van der Waals surface area (Å²) in [7, 11) is 1.58. The molecule has 0 spiro atoms. The number of rotatable bonds is 6. The molecule has 2 aromatic carbocycles. The molecule has 6 heteroatoms. The smallest absolute Gasteiger partial charge is 0.308 e. The van der Waals surface area contributed by atoms with Crippen molar-refractivity contribution in [3.05, 3.63) is 60.2 Å². The van der Waals surface area contributed by atoms with Gasteiger partial charge in [-0.25, -0.2) is 0 Å². The minimum atomic E-state index is -0.884. The van der Waals surface area contributed by atoms with Crippen LogP contribution in [0.25, 0.3) is 0 Å². The van der Waals surface area contributed by atoms with Crippen LogP contribution in [0, 0.1) is 5.92 Å². The van der Waals surface area contributed by atoms with Crippen LogP contribution in [0.5, 0.6) is 11.5 Å². The first kappa shape index (κ1) is 17.8. The van der Waals surface area contributed by atoms with E-state index in [0.717, 1.165) is 5.56 Å². The summed E-state index contributed by atoms with van der Waals surface area (Å²) in [5.74, 6) is -0.650. The maximum Gasteiger partial charge on any atom is 0.308 e. The molecule has 1 fully saturated rings. The van der Waals surface area contributed by atoms with Gasteiger partial charge in [0, 0.05) is 19.0 Å². The lowest BCUT2D eigenvalue weighted by atomic mass is 9.89. The van der Waals surface area contributed by atoms with Gasteiger partial charge in [-0.05, 0) is 29.8 Å². The zero-order chi connectivity index (χ0) is 18.5. The molecule has 2 atom stereocenters. The number of hydrogen-bond donors (Lipinski definition) is 1. The first-order valence-electron chi connectivity index (χ1n) is 8.41. The molecule has 1 aliphatic rings. The highest BCUT2D eigenvalue weighted by molar-refractivity contribution is 5.80. The van der Waals surface area contributed by atoms with E-state index in [4.69, 9.17) is 9.47 Å². The molecule has 136 valence electrons. The van der Waals surface area contributed by atoms with Gasteiger partial charge in [0.15, 0.2) is 6.61 Å². The predicted molar refractivity (Wildman–Crippen MR) is 95.4 cm³/mol. The lowest BCUT2D eigenvalue weighted by molar-refractivity contribution is -0.142. The van der Waals surface area contributed by atoms with Gasteiger partial charge in [0.25, 0.3) is 5.91 Å². The van der Waals surface area contributed by atoms with Crippen LogP contribution in [0.15, 0.2) is 54.6 Å². The molecule has 1 amide bonds. The van der Waals surface area contributed by atoms with Crippen molar-refractivity contribution >= 4 is 11.9 Å². The second kappa shape index (κ2) is 7.91. The Kier molecular flexibility index (Phi) is 5.41. The lowest BCUT2D eigenvalue weighted by Gasteiger charge is -2.17. The number of hydrogen-bond acceptors (Lipinski definition) is 4. The van der Waals surface area contributed by atoms with E-state index < -0.39 is 11.9 Å². The van der Waals surface area contributed by atoms with Gasteiger partial charge in [-0.2, -0.15) is 0 Å². The van der Waals surface area contributed by atoms with Crippen molar-refractivity contribution in [1.29, 1.82) is 0 Å². The summed E-state index contributed by atoms with van der Waals surface area (Å²) in [6.45, 7) is 0.450. The number of benzene rings is 2. The zero-order valence-electron chi connectivity index (χ0n) is 14.5. The van der Waals surface area contributed by atoms with Crippen LogP contribution < -0.4 is 9.47 Å². The van der Waals surface area contributed by atoms with E-state index in [2.05, 4.69) is 0 Å². The molecular formula is C20H21NO5. The molecule has 2 aromatic rings. The normalized spacial score (nSPS) is 19.2. The van der Waals surface area contributed by atoms with Gasteiger partial charge in [0.05, 0.1) is 13.0 Å². The molecule has 0 aliphatic carbocycles. The van der Waals surface area contributed by atoms with E-state index in [1.807, 2.05) is 30.3 Å². The van der Waals surface area contributed by atoms with Crippen LogP contribution in [-0.2, 0) is 9.59 Å². The summed E-state index contributed by atoms with van der Waals surface area (Å²) < 4.78 is 10.6. The Labute approximate surface area is 152 Å². The minimum Gasteiger partial charge on any atom is -0.497 e. The van der Waals surface area contributed by atoms with Gasteiger partial charge in [0.2, 0.25) is 0 Å². The molecular weight excluding hydrogens is 334 g/mol. The van der Waals surface area contributed by atoms with Gasteiger partial charge in [-0.15, -0.1) is 0 Å². The Morgan fingerprint density at radius 3 is 2.31 bits per heavy atom. The maximum atomic E-state index is 12.5. The Bertz CT molecular complexity index is 760. The molecule has 2 unspecified atom stereocenters. The summed E-state index contributed by atoms with van der Waals surface area (Å²) in [5.41, 5.74) is 0.936. The van der Waals surface area contributed by atoms with Crippen LogP contribution in [-0.4, -0.2) is 48.7 Å². The quantitative estimate of drug-likeness (QED) is 0.861. The van der Waals surface area contributed by atoms with E-state index in [1.165, 1.54) is 0 Å². The summed E-state index contributed by atoms with van der Waals surface area (Å²) in [6.07, 6.45) is 0. The highest BCUT2D eigenvalue weighted by Crippen LogP contribution is 2.33. The highest BCUT2D eigenvalue weighted by Gasteiger charge is 2.40. The number of carbonyl (C=O) groups is 2. The van der Waals surface area contributed by atoms with Gasteiger partial charge < -0.3 is 19.5 Å². The Balaban J connectivity index is 1.63. The van der Waals surface area contributed by atoms with Crippen LogP contribution in [0.2, 0.25) is 0 Å². The van der Waals surface area contributed by atoms with Crippen LogP contribution >= 0.6 is 0 Å². The molecule has 0 saturated carbocycles. The van der Waals surface area contributed by atoms with E-state index in [-0.39, 0.29) is 25.0 Å². The first-order chi connectivity index (χ1) is 12.6. The number of carboxylic acid groups (broad SMARTS) is 1. The van der Waals surface area contributed by atoms with E-state index in [9.17, 15) is 14.7 Å². The topological polar surface area (TPSA) is 76.1 Å². The number of carbonyl (C=O) groups excluding carboxylic acids is 1. The average Bonchev–Trinajstić information content (AvgIpc) is 3.13. The zero-order valence-corrected chi connectivity index (χ0v) is 14.5. The van der Waals surface area contributed by atoms with Gasteiger partial charge in [0.1, 0.15) is 11.5 Å². The summed E-state index contributed by atoms with van der Waals surface area (Å²) >= 11 is 0. The molecule has 26 heavy (non-hydrogen) atoms. The fourth-order valence-corrected chi connectivity index (χ4v) is 3.20. The van der Waals surface area contributed by atoms with E-state index in [1.54, 1.807) is 36.3 Å².